The van der Waals surface area contributed by atoms with Gasteiger partial charge in [-0.2, -0.15) is 4.98 Å². The smallest absolute Gasteiger partial charge is 0.409 e. The summed E-state index contributed by atoms with van der Waals surface area (Å²) < 4.78 is 17.4. The van der Waals surface area contributed by atoms with E-state index in [0.29, 0.717) is 50.2 Å². The molecule has 0 spiro atoms. The third-order valence-corrected chi connectivity index (χ3v) is 8.86. The summed E-state index contributed by atoms with van der Waals surface area (Å²) in [7, 11) is 0. The molecule has 50 heavy (non-hydrogen) atoms. The first-order valence-corrected chi connectivity index (χ1v) is 17.3. The van der Waals surface area contributed by atoms with Gasteiger partial charge in [-0.25, -0.2) is 9.78 Å². The number of nitrogens with zero attached hydrogens (tertiary/aromatic N) is 4. The number of ether oxygens (including phenoxy) is 3. The lowest BCUT2D eigenvalue weighted by Gasteiger charge is -2.36. The first-order valence-electron chi connectivity index (χ1n) is 17.3. The summed E-state index contributed by atoms with van der Waals surface area (Å²) in [6.45, 7) is 3.74. The van der Waals surface area contributed by atoms with Crippen molar-refractivity contribution in [3.63, 3.8) is 0 Å². The Morgan fingerprint density at radius 3 is 2.22 bits per heavy atom. The fourth-order valence-electron chi connectivity index (χ4n) is 6.21. The molecule has 6 rings (SSSR count). The van der Waals surface area contributed by atoms with Crippen molar-refractivity contribution in [2.75, 3.05) is 32.8 Å². The molecule has 1 unspecified atom stereocenters. The molecule has 2 heterocycles. The molecule has 2 fully saturated rings. The third kappa shape index (κ3) is 9.16. The minimum absolute atomic E-state index is 0.0309. The summed E-state index contributed by atoms with van der Waals surface area (Å²) >= 11 is 0. The van der Waals surface area contributed by atoms with Crippen LogP contribution in [0.1, 0.15) is 54.2 Å². The molecule has 0 radical (unpaired) electrons. The number of benzene rings is 3. The molecular formula is C39H43N5O6. The normalized spacial score (nSPS) is 15.3. The highest BCUT2D eigenvalue weighted by molar-refractivity contribution is 5.96. The van der Waals surface area contributed by atoms with Crippen molar-refractivity contribution in [3.05, 3.63) is 108 Å². The van der Waals surface area contributed by atoms with Gasteiger partial charge in [0.15, 0.2) is 5.82 Å². The van der Waals surface area contributed by atoms with Gasteiger partial charge < -0.3 is 29.3 Å². The van der Waals surface area contributed by atoms with E-state index in [1.807, 2.05) is 84.9 Å². The standard InChI is InChI=1S/C39H43N5O6/c1-2-48-39(47)44-22-20-43(21-23-44)38(46)34(25-29-14-11-19-32(24-29)49-27-28-12-5-3-6-13-28)41-37(45)33-26-35(50-31-17-9-10-18-31)42-36(40-33)30-15-7-4-8-16-30/h3-8,11-16,19,24,26,31,34H,2,9-10,17-18,20-23,25,27H2,1H3,(H,41,45). The van der Waals surface area contributed by atoms with Gasteiger partial charge in [-0.1, -0.05) is 72.8 Å². The van der Waals surface area contributed by atoms with Crippen LogP contribution in [0, 0.1) is 0 Å². The van der Waals surface area contributed by atoms with Crippen molar-refractivity contribution >= 4 is 17.9 Å². The number of hydrogen-bond donors (Lipinski definition) is 1. The zero-order chi connectivity index (χ0) is 34.7. The van der Waals surface area contributed by atoms with E-state index in [9.17, 15) is 14.4 Å². The fraction of sp³-hybridized carbons (Fsp3) is 0.359. The molecule has 11 heteroatoms. The molecule has 1 aromatic heterocycles. The molecule has 1 saturated carbocycles. The number of nitrogens with one attached hydrogen (secondary N) is 1. The van der Waals surface area contributed by atoms with E-state index < -0.39 is 18.0 Å². The summed E-state index contributed by atoms with van der Waals surface area (Å²) in [6.07, 6.45) is 3.89. The van der Waals surface area contributed by atoms with E-state index in [-0.39, 0.29) is 30.7 Å². The minimum atomic E-state index is -0.921. The summed E-state index contributed by atoms with van der Waals surface area (Å²) in [5.41, 5.74) is 2.71. The van der Waals surface area contributed by atoms with Crippen LogP contribution in [0.2, 0.25) is 0 Å². The van der Waals surface area contributed by atoms with Gasteiger partial charge in [-0.3, -0.25) is 9.59 Å². The molecule has 1 aliphatic carbocycles. The van der Waals surface area contributed by atoms with Gasteiger partial charge in [-0.05, 0) is 55.9 Å². The molecule has 260 valence electrons. The Hall–Kier alpha value is -5.45. The van der Waals surface area contributed by atoms with Crippen LogP contribution in [0.15, 0.2) is 91.0 Å². The van der Waals surface area contributed by atoms with Crippen molar-refractivity contribution in [1.29, 1.82) is 0 Å². The lowest BCUT2D eigenvalue weighted by molar-refractivity contribution is -0.134. The lowest BCUT2D eigenvalue weighted by Crippen LogP contribution is -2.56. The molecule has 1 N–H and O–H groups in total. The van der Waals surface area contributed by atoms with Crippen molar-refractivity contribution in [3.8, 4) is 23.0 Å². The van der Waals surface area contributed by atoms with Gasteiger partial charge in [0.25, 0.3) is 5.91 Å². The van der Waals surface area contributed by atoms with E-state index in [1.165, 1.54) is 0 Å². The quantitative estimate of drug-likeness (QED) is 0.203. The maximum atomic E-state index is 14.1. The van der Waals surface area contributed by atoms with Gasteiger partial charge >= 0.3 is 6.09 Å². The first kappa shape index (κ1) is 34.4. The average Bonchev–Trinajstić information content (AvgIpc) is 3.67. The summed E-state index contributed by atoms with van der Waals surface area (Å²) in [4.78, 5) is 53.0. The molecule has 11 nitrogen and oxygen atoms in total. The maximum absolute atomic E-state index is 14.1. The van der Waals surface area contributed by atoms with E-state index in [0.717, 1.165) is 42.4 Å². The van der Waals surface area contributed by atoms with Crippen LogP contribution in [-0.4, -0.2) is 82.6 Å². The molecule has 0 bridgehead atoms. The highest BCUT2D eigenvalue weighted by Crippen LogP contribution is 2.26. The number of carbonyl (C=O) groups excluding carboxylic acids is 3. The molecule has 4 aromatic rings. The van der Waals surface area contributed by atoms with Crippen LogP contribution in [0.4, 0.5) is 4.79 Å². The van der Waals surface area contributed by atoms with Crippen LogP contribution < -0.4 is 14.8 Å². The predicted molar refractivity (Wildman–Crippen MR) is 188 cm³/mol. The average molecular weight is 678 g/mol. The SMILES string of the molecule is CCOC(=O)N1CCN(C(=O)C(Cc2cccc(OCc3ccccc3)c2)NC(=O)c2cc(OC3CCCC3)nc(-c3ccccc3)n2)CC1. The predicted octanol–water partition coefficient (Wildman–Crippen LogP) is 5.69. The largest absolute Gasteiger partial charge is 0.489 e. The summed E-state index contributed by atoms with van der Waals surface area (Å²) in [5.74, 6) is 0.589. The fourth-order valence-corrected chi connectivity index (χ4v) is 6.21. The van der Waals surface area contributed by atoms with Gasteiger partial charge in [-0.15, -0.1) is 0 Å². The van der Waals surface area contributed by atoms with Gasteiger partial charge in [0.2, 0.25) is 11.8 Å². The molecule has 1 aliphatic heterocycles. The Morgan fingerprint density at radius 2 is 1.50 bits per heavy atom. The first-order chi connectivity index (χ1) is 24.4. The Balaban J connectivity index is 1.23. The summed E-state index contributed by atoms with van der Waals surface area (Å²) in [6, 6.07) is 27.5. The van der Waals surface area contributed by atoms with Crippen LogP contribution in [-0.2, 0) is 22.6 Å². The van der Waals surface area contributed by atoms with Crippen LogP contribution >= 0.6 is 0 Å². The van der Waals surface area contributed by atoms with Crippen LogP contribution in [0.3, 0.4) is 0 Å². The van der Waals surface area contributed by atoms with Crippen molar-refractivity contribution < 1.29 is 28.6 Å². The summed E-state index contributed by atoms with van der Waals surface area (Å²) in [5, 5.41) is 2.99. The van der Waals surface area contributed by atoms with E-state index in [1.54, 1.807) is 22.8 Å². The zero-order valence-electron chi connectivity index (χ0n) is 28.3. The Kier molecular flexibility index (Phi) is 11.5. The second-order valence-corrected chi connectivity index (χ2v) is 12.5. The van der Waals surface area contributed by atoms with E-state index in [2.05, 4.69) is 15.3 Å². The van der Waals surface area contributed by atoms with Crippen LogP contribution in [0.25, 0.3) is 11.4 Å². The zero-order valence-corrected chi connectivity index (χ0v) is 28.3. The van der Waals surface area contributed by atoms with Gasteiger partial charge in [0, 0.05) is 44.2 Å². The Labute approximate surface area is 292 Å². The highest BCUT2D eigenvalue weighted by atomic mass is 16.6. The maximum Gasteiger partial charge on any atom is 0.409 e. The second-order valence-electron chi connectivity index (χ2n) is 12.5. The molecule has 2 aliphatic rings. The minimum Gasteiger partial charge on any atom is -0.489 e. The lowest BCUT2D eigenvalue weighted by atomic mass is 10.0. The number of rotatable bonds is 12. The molecule has 3 aromatic carbocycles. The number of piperazine rings is 1. The van der Waals surface area contributed by atoms with E-state index in [4.69, 9.17) is 14.2 Å². The molecule has 3 amide bonds. The third-order valence-electron chi connectivity index (χ3n) is 8.86. The number of hydrogen-bond acceptors (Lipinski definition) is 8. The number of amides is 3. The monoisotopic (exact) mass is 677 g/mol. The van der Waals surface area contributed by atoms with Crippen molar-refractivity contribution in [1.82, 2.24) is 25.1 Å². The van der Waals surface area contributed by atoms with E-state index >= 15 is 0 Å². The number of aromatic nitrogens is 2. The number of carbonyl (C=O) groups is 3. The Morgan fingerprint density at radius 1 is 0.820 bits per heavy atom. The second kappa shape index (κ2) is 16.8. The van der Waals surface area contributed by atoms with Crippen molar-refractivity contribution in [2.24, 2.45) is 0 Å². The van der Waals surface area contributed by atoms with Gasteiger partial charge in [0.1, 0.15) is 30.2 Å². The Bertz CT molecular complexity index is 1740. The van der Waals surface area contributed by atoms with Crippen LogP contribution in [0.5, 0.6) is 11.6 Å². The molecular weight excluding hydrogens is 634 g/mol. The highest BCUT2D eigenvalue weighted by Gasteiger charge is 2.31. The topological polar surface area (TPSA) is 123 Å². The van der Waals surface area contributed by atoms with Crippen molar-refractivity contribution in [2.45, 2.75) is 57.8 Å². The molecule has 1 atom stereocenters. The molecule has 1 saturated heterocycles. The van der Waals surface area contributed by atoms with Gasteiger partial charge in [0.05, 0.1) is 6.61 Å².